The summed E-state index contributed by atoms with van der Waals surface area (Å²) in [7, 11) is -3.70. The lowest BCUT2D eigenvalue weighted by molar-refractivity contribution is -0.137. The summed E-state index contributed by atoms with van der Waals surface area (Å²) < 4.78 is 59.9. The Morgan fingerprint density at radius 3 is 2.36 bits per heavy atom. The molecule has 3 rings (SSSR count). The van der Waals surface area contributed by atoms with Gasteiger partial charge in [0.1, 0.15) is 5.82 Å². The highest BCUT2D eigenvalue weighted by Gasteiger charge is 2.38. The Morgan fingerprint density at radius 1 is 1.16 bits per heavy atom. The normalized spacial score (nSPS) is 20.3. The fourth-order valence-electron chi connectivity index (χ4n) is 2.69. The van der Waals surface area contributed by atoms with Crippen LogP contribution in [0.4, 0.5) is 19.0 Å². The summed E-state index contributed by atoms with van der Waals surface area (Å²) in [5.74, 6) is 1.00. The van der Waals surface area contributed by atoms with E-state index in [4.69, 9.17) is 5.14 Å². The van der Waals surface area contributed by atoms with E-state index in [0.29, 0.717) is 18.3 Å². The number of nitrogens with zero attached hydrogens (tertiary/aromatic N) is 1. The summed E-state index contributed by atoms with van der Waals surface area (Å²) in [5.41, 5.74) is 0.233. The Morgan fingerprint density at radius 2 is 1.84 bits per heavy atom. The molecule has 1 saturated carbocycles. The number of nitrogens with one attached hydrogen (secondary N) is 1. The van der Waals surface area contributed by atoms with Crippen molar-refractivity contribution in [3.63, 3.8) is 0 Å². The van der Waals surface area contributed by atoms with Crippen molar-refractivity contribution in [3.8, 4) is 0 Å². The first-order chi connectivity index (χ1) is 11.6. The highest BCUT2D eigenvalue weighted by molar-refractivity contribution is 7.89. The zero-order valence-electron chi connectivity index (χ0n) is 13.0. The summed E-state index contributed by atoms with van der Waals surface area (Å²) in [6, 6.07) is 8.73. The number of hydrogen-bond donors (Lipinski definition) is 2. The van der Waals surface area contributed by atoms with Crippen LogP contribution in [0.25, 0.3) is 0 Å². The van der Waals surface area contributed by atoms with Crippen LogP contribution in [0.3, 0.4) is 0 Å². The quantitative estimate of drug-likeness (QED) is 0.846. The maximum absolute atomic E-state index is 12.5. The SMILES string of the molecule is NS(=O)(=O)c1ccc([C@H]2C[C@@H]2CNc2ccc(C(F)(F)F)cn2)cc1. The second-order valence-corrected chi connectivity index (χ2v) is 7.59. The van der Waals surface area contributed by atoms with Crippen LogP contribution in [0, 0.1) is 5.92 Å². The minimum atomic E-state index is -4.39. The predicted molar refractivity (Wildman–Crippen MR) is 86.4 cm³/mol. The lowest BCUT2D eigenvalue weighted by atomic mass is 10.1. The zero-order valence-corrected chi connectivity index (χ0v) is 13.8. The summed E-state index contributed by atoms with van der Waals surface area (Å²) >= 11 is 0. The van der Waals surface area contributed by atoms with E-state index in [1.54, 1.807) is 12.1 Å². The first-order valence-corrected chi connectivity index (χ1v) is 9.09. The third-order valence-corrected chi connectivity index (χ3v) is 5.12. The van der Waals surface area contributed by atoms with Crippen molar-refractivity contribution in [1.29, 1.82) is 0 Å². The number of rotatable bonds is 5. The summed E-state index contributed by atoms with van der Waals surface area (Å²) in [6.45, 7) is 0.583. The Balaban J connectivity index is 1.55. The minimum Gasteiger partial charge on any atom is -0.370 e. The van der Waals surface area contributed by atoms with Gasteiger partial charge in [0.25, 0.3) is 0 Å². The first kappa shape index (κ1) is 17.7. The molecule has 1 aromatic carbocycles. The molecule has 1 aromatic heterocycles. The molecule has 0 spiro atoms. The number of pyridine rings is 1. The molecule has 25 heavy (non-hydrogen) atoms. The van der Waals surface area contributed by atoms with Gasteiger partial charge < -0.3 is 5.32 Å². The van der Waals surface area contributed by atoms with Crippen LogP contribution in [0.2, 0.25) is 0 Å². The second kappa shape index (κ2) is 6.30. The van der Waals surface area contributed by atoms with Crippen molar-refractivity contribution in [2.45, 2.75) is 23.4 Å². The van der Waals surface area contributed by atoms with Gasteiger partial charge in [-0.2, -0.15) is 13.2 Å². The molecule has 0 unspecified atom stereocenters. The molecular formula is C16H16F3N3O2S. The first-order valence-electron chi connectivity index (χ1n) is 7.54. The summed E-state index contributed by atoms with van der Waals surface area (Å²) in [5, 5.41) is 8.09. The molecule has 3 N–H and O–H groups in total. The molecule has 0 radical (unpaired) electrons. The van der Waals surface area contributed by atoms with Crippen molar-refractivity contribution in [3.05, 3.63) is 53.7 Å². The highest BCUT2D eigenvalue weighted by atomic mass is 32.2. The minimum absolute atomic E-state index is 0.0699. The third kappa shape index (κ3) is 4.29. The van der Waals surface area contributed by atoms with Crippen LogP contribution >= 0.6 is 0 Å². The molecule has 2 aromatic rings. The van der Waals surface area contributed by atoms with Gasteiger partial charge in [0, 0.05) is 12.7 Å². The number of halogens is 3. The van der Waals surface area contributed by atoms with Crippen LogP contribution < -0.4 is 10.5 Å². The zero-order chi connectivity index (χ0) is 18.2. The van der Waals surface area contributed by atoms with Gasteiger partial charge >= 0.3 is 6.18 Å². The van der Waals surface area contributed by atoms with Crippen molar-refractivity contribution in [2.75, 3.05) is 11.9 Å². The van der Waals surface area contributed by atoms with Crippen LogP contribution in [0.15, 0.2) is 47.5 Å². The number of sulfonamides is 1. The molecule has 0 amide bonds. The summed E-state index contributed by atoms with van der Waals surface area (Å²) in [6.07, 6.45) is -2.67. The molecule has 1 fully saturated rings. The van der Waals surface area contributed by atoms with Crippen LogP contribution in [-0.2, 0) is 16.2 Å². The van der Waals surface area contributed by atoms with E-state index in [1.807, 2.05) is 0 Å². The lowest BCUT2D eigenvalue weighted by Crippen LogP contribution is -2.12. The smallest absolute Gasteiger partial charge is 0.370 e. The number of alkyl halides is 3. The molecule has 1 aliphatic carbocycles. The summed E-state index contributed by atoms with van der Waals surface area (Å²) in [4.78, 5) is 3.84. The number of hydrogen-bond acceptors (Lipinski definition) is 4. The van der Waals surface area contributed by atoms with Gasteiger partial charge in [0.2, 0.25) is 10.0 Å². The molecule has 134 valence electrons. The molecule has 0 bridgehead atoms. The van der Waals surface area contributed by atoms with Gasteiger partial charge in [-0.15, -0.1) is 0 Å². The topological polar surface area (TPSA) is 85.1 Å². The molecule has 9 heteroatoms. The fraction of sp³-hybridized carbons (Fsp3) is 0.312. The maximum atomic E-state index is 12.5. The maximum Gasteiger partial charge on any atom is 0.417 e. The Bertz CT molecular complexity index is 850. The predicted octanol–water partition coefficient (Wildman–Crippen LogP) is 2.96. The van der Waals surface area contributed by atoms with E-state index >= 15 is 0 Å². The van der Waals surface area contributed by atoms with Crippen molar-refractivity contribution < 1.29 is 21.6 Å². The van der Waals surface area contributed by atoms with Crippen molar-refractivity contribution >= 4 is 15.8 Å². The molecule has 1 aliphatic rings. The second-order valence-electron chi connectivity index (χ2n) is 6.03. The van der Waals surface area contributed by atoms with Gasteiger partial charge in [-0.25, -0.2) is 18.5 Å². The van der Waals surface area contributed by atoms with E-state index in [2.05, 4.69) is 10.3 Å². The highest BCUT2D eigenvalue weighted by Crippen LogP contribution is 2.47. The largest absolute Gasteiger partial charge is 0.417 e. The van der Waals surface area contributed by atoms with E-state index in [1.165, 1.54) is 18.2 Å². The van der Waals surface area contributed by atoms with Crippen LogP contribution in [0.5, 0.6) is 0 Å². The number of benzene rings is 1. The average molecular weight is 371 g/mol. The van der Waals surface area contributed by atoms with E-state index in [0.717, 1.165) is 24.2 Å². The van der Waals surface area contributed by atoms with Crippen molar-refractivity contribution in [2.24, 2.45) is 11.1 Å². The number of primary sulfonamides is 1. The molecule has 0 aliphatic heterocycles. The van der Waals surface area contributed by atoms with Gasteiger partial charge in [-0.05, 0) is 48.1 Å². The van der Waals surface area contributed by atoms with Gasteiger partial charge in [-0.3, -0.25) is 0 Å². The van der Waals surface area contributed by atoms with Gasteiger partial charge in [0.15, 0.2) is 0 Å². The monoisotopic (exact) mass is 371 g/mol. The Labute approximate surface area is 143 Å². The molecule has 5 nitrogen and oxygen atoms in total. The standard InChI is InChI=1S/C16H16F3N3O2S/c17-16(18,19)12-3-6-15(22-9-12)21-8-11-7-14(11)10-1-4-13(5-2-10)25(20,23)24/h1-6,9,11,14H,7-8H2,(H,21,22)(H2,20,23,24)/t11-,14-/m1/s1. The van der Waals surface area contributed by atoms with Gasteiger partial charge in [0.05, 0.1) is 10.5 Å². The molecule has 0 saturated heterocycles. The fourth-order valence-corrected chi connectivity index (χ4v) is 3.20. The lowest BCUT2D eigenvalue weighted by Gasteiger charge is -2.08. The Hall–Kier alpha value is -2.13. The van der Waals surface area contributed by atoms with E-state index in [-0.39, 0.29) is 10.8 Å². The Kier molecular flexibility index (Phi) is 4.46. The van der Waals surface area contributed by atoms with Gasteiger partial charge in [-0.1, -0.05) is 12.1 Å². The number of nitrogens with two attached hydrogens (primary N) is 1. The number of aromatic nitrogens is 1. The molecule has 2 atom stereocenters. The number of anilines is 1. The molecular weight excluding hydrogens is 355 g/mol. The van der Waals surface area contributed by atoms with Crippen LogP contribution in [0.1, 0.15) is 23.5 Å². The van der Waals surface area contributed by atoms with Crippen LogP contribution in [-0.4, -0.2) is 19.9 Å². The third-order valence-electron chi connectivity index (χ3n) is 4.20. The van der Waals surface area contributed by atoms with Crippen molar-refractivity contribution in [1.82, 2.24) is 4.98 Å². The average Bonchev–Trinajstić information content (AvgIpc) is 3.31. The molecule has 1 heterocycles. The van der Waals surface area contributed by atoms with E-state index < -0.39 is 21.8 Å². The van der Waals surface area contributed by atoms with E-state index in [9.17, 15) is 21.6 Å².